The van der Waals surface area contributed by atoms with Crippen LogP contribution in [0.4, 0.5) is 14.9 Å². The standard InChI is InChI=1S/C38H50FN3O8/c1-23(40-36(47)50-38(5,6)7)24-13-15-26(16-14-24)33(44)42-20-19-28(25-11-9-8-10-12-25)31(42)32(43)41-27-17-18-29(30(39)21-27)34(45)48-22-49-35(46)37(2,3)4/h8-12,17-18,21,23-24,26,28,31H,13-16,19-20,22H2,1-7H3,(H,40,47)(H,41,43)/t23?,24?,26?,28-,31-/m0/s1. The summed E-state index contributed by atoms with van der Waals surface area (Å²) in [6.07, 6.45) is 2.86. The molecule has 2 fully saturated rings. The molecule has 0 aromatic heterocycles. The highest BCUT2D eigenvalue weighted by atomic mass is 19.1. The molecule has 1 saturated carbocycles. The molecule has 3 amide bonds. The van der Waals surface area contributed by atoms with E-state index in [0.717, 1.165) is 24.5 Å². The Morgan fingerprint density at radius 3 is 2.16 bits per heavy atom. The van der Waals surface area contributed by atoms with Gasteiger partial charge in [-0.05, 0) is 110 Å². The summed E-state index contributed by atoms with van der Waals surface area (Å²) in [6, 6.07) is 12.2. The maximum absolute atomic E-state index is 15.1. The van der Waals surface area contributed by atoms with Crippen LogP contribution in [0.3, 0.4) is 0 Å². The van der Waals surface area contributed by atoms with Crippen LogP contribution in [0.15, 0.2) is 48.5 Å². The average molecular weight is 696 g/mol. The van der Waals surface area contributed by atoms with Crippen LogP contribution in [0.1, 0.15) is 102 Å². The fourth-order valence-corrected chi connectivity index (χ4v) is 6.53. The Bertz CT molecular complexity index is 1540. The van der Waals surface area contributed by atoms with Gasteiger partial charge < -0.3 is 29.7 Å². The Morgan fingerprint density at radius 1 is 0.900 bits per heavy atom. The minimum Gasteiger partial charge on any atom is -0.444 e. The van der Waals surface area contributed by atoms with Crippen molar-refractivity contribution in [1.82, 2.24) is 10.2 Å². The summed E-state index contributed by atoms with van der Waals surface area (Å²) in [7, 11) is 0. The molecular weight excluding hydrogens is 645 g/mol. The molecule has 2 aliphatic rings. The third-order valence-corrected chi connectivity index (χ3v) is 9.20. The molecule has 0 bridgehead atoms. The van der Waals surface area contributed by atoms with Crippen LogP contribution in [-0.2, 0) is 28.6 Å². The molecule has 1 heterocycles. The third-order valence-electron chi connectivity index (χ3n) is 9.20. The lowest BCUT2D eigenvalue weighted by molar-refractivity contribution is -0.161. The molecule has 12 heteroatoms. The van der Waals surface area contributed by atoms with E-state index < -0.39 is 53.6 Å². The minimum atomic E-state index is -1.02. The molecule has 272 valence electrons. The van der Waals surface area contributed by atoms with E-state index in [1.54, 1.807) is 25.7 Å². The van der Waals surface area contributed by atoms with Gasteiger partial charge in [-0.2, -0.15) is 0 Å². The molecular formula is C38H50FN3O8. The third kappa shape index (κ3) is 10.0. The van der Waals surface area contributed by atoms with Crippen molar-refractivity contribution in [3.8, 4) is 0 Å². The Kier molecular flexibility index (Phi) is 12.3. The van der Waals surface area contributed by atoms with E-state index in [-0.39, 0.29) is 41.0 Å². The van der Waals surface area contributed by atoms with E-state index in [9.17, 15) is 24.0 Å². The minimum absolute atomic E-state index is 0.0915. The number of alkyl carbamates (subject to hydrolysis) is 1. The zero-order valence-electron chi connectivity index (χ0n) is 30.0. The number of likely N-dealkylation sites (tertiary alicyclic amines) is 1. The molecule has 0 spiro atoms. The van der Waals surface area contributed by atoms with Gasteiger partial charge in [-0.3, -0.25) is 14.4 Å². The number of rotatable bonds is 9. The monoisotopic (exact) mass is 695 g/mol. The lowest BCUT2D eigenvalue weighted by atomic mass is 9.78. The number of carbonyl (C=O) groups is 5. The van der Waals surface area contributed by atoms with Crippen molar-refractivity contribution in [2.45, 2.75) is 104 Å². The predicted molar refractivity (Wildman–Crippen MR) is 184 cm³/mol. The van der Waals surface area contributed by atoms with Crippen molar-refractivity contribution < 1.29 is 42.6 Å². The summed E-state index contributed by atoms with van der Waals surface area (Å²) < 4.78 is 30.3. The zero-order chi connectivity index (χ0) is 36.8. The van der Waals surface area contributed by atoms with Crippen LogP contribution >= 0.6 is 0 Å². The molecule has 1 saturated heterocycles. The molecule has 2 aromatic rings. The topological polar surface area (TPSA) is 140 Å². The number of carbonyl (C=O) groups excluding carboxylic acids is 5. The maximum Gasteiger partial charge on any atom is 0.407 e. The number of ether oxygens (including phenoxy) is 3. The molecule has 1 aliphatic carbocycles. The number of benzene rings is 2. The van der Waals surface area contributed by atoms with Gasteiger partial charge in [-0.25, -0.2) is 14.0 Å². The van der Waals surface area contributed by atoms with Crippen molar-refractivity contribution in [2.75, 3.05) is 18.7 Å². The van der Waals surface area contributed by atoms with Gasteiger partial charge in [0.1, 0.15) is 17.5 Å². The van der Waals surface area contributed by atoms with E-state index in [1.165, 1.54) is 12.1 Å². The molecule has 0 radical (unpaired) electrons. The van der Waals surface area contributed by atoms with Gasteiger partial charge in [-0.15, -0.1) is 0 Å². The highest BCUT2D eigenvalue weighted by molar-refractivity contribution is 5.99. The van der Waals surface area contributed by atoms with Crippen LogP contribution in [-0.4, -0.2) is 65.8 Å². The second kappa shape index (κ2) is 16.0. The molecule has 3 atom stereocenters. The van der Waals surface area contributed by atoms with Crippen LogP contribution in [0.5, 0.6) is 0 Å². The van der Waals surface area contributed by atoms with E-state index in [4.69, 9.17) is 14.2 Å². The molecule has 2 aromatic carbocycles. The number of amides is 3. The lowest BCUT2D eigenvalue weighted by Gasteiger charge is -2.35. The lowest BCUT2D eigenvalue weighted by Crippen LogP contribution is -2.48. The van der Waals surface area contributed by atoms with E-state index in [1.807, 2.05) is 58.0 Å². The van der Waals surface area contributed by atoms with Crippen molar-refractivity contribution >= 4 is 35.5 Å². The SMILES string of the molecule is CC(NC(=O)OC(C)(C)C)C1CCC(C(=O)N2CC[C@@H](c3ccccc3)[C@H]2C(=O)Nc2ccc(C(=O)OCOC(=O)C(C)(C)C)c(F)c2)CC1. The molecule has 2 N–H and O–H groups in total. The maximum atomic E-state index is 15.1. The average Bonchev–Trinajstić information content (AvgIpc) is 3.49. The molecule has 1 aliphatic heterocycles. The Morgan fingerprint density at radius 2 is 1.56 bits per heavy atom. The highest BCUT2D eigenvalue weighted by Gasteiger charge is 2.45. The Labute approximate surface area is 293 Å². The first-order valence-electron chi connectivity index (χ1n) is 17.2. The van der Waals surface area contributed by atoms with E-state index >= 15 is 4.39 Å². The molecule has 11 nitrogen and oxygen atoms in total. The first kappa shape index (κ1) is 38.3. The zero-order valence-corrected chi connectivity index (χ0v) is 30.0. The number of nitrogens with one attached hydrogen (secondary N) is 2. The Balaban J connectivity index is 1.42. The van der Waals surface area contributed by atoms with Gasteiger partial charge in [-0.1, -0.05) is 30.3 Å². The largest absolute Gasteiger partial charge is 0.444 e. The van der Waals surface area contributed by atoms with Gasteiger partial charge in [0, 0.05) is 30.1 Å². The fourth-order valence-electron chi connectivity index (χ4n) is 6.53. The summed E-state index contributed by atoms with van der Waals surface area (Å²) in [5.74, 6) is -3.44. The van der Waals surface area contributed by atoms with Crippen LogP contribution in [0, 0.1) is 23.1 Å². The number of halogens is 1. The summed E-state index contributed by atoms with van der Waals surface area (Å²) in [5, 5.41) is 5.69. The van der Waals surface area contributed by atoms with Gasteiger partial charge in [0.15, 0.2) is 0 Å². The van der Waals surface area contributed by atoms with E-state index in [0.29, 0.717) is 25.8 Å². The van der Waals surface area contributed by atoms with Crippen LogP contribution in [0.2, 0.25) is 0 Å². The number of anilines is 1. The van der Waals surface area contributed by atoms with Crippen LogP contribution < -0.4 is 10.6 Å². The first-order valence-corrected chi connectivity index (χ1v) is 17.2. The van der Waals surface area contributed by atoms with Crippen LogP contribution in [0.25, 0.3) is 0 Å². The summed E-state index contributed by atoms with van der Waals surface area (Å²) in [4.78, 5) is 66.3. The molecule has 1 unspecified atom stereocenters. The molecule has 50 heavy (non-hydrogen) atoms. The Hall–Kier alpha value is -4.48. The molecule has 4 rings (SSSR count). The second-order valence-corrected chi connectivity index (χ2v) is 15.2. The van der Waals surface area contributed by atoms with E-state index in [2.05, 4.69) is 10.6 Å². The summed E-state index contributed by atoms with van der Waals surface area (Å²) in [6.45, 7) is 12.1. The number of esters is 2. The second-order valence-electron chi connectivity index (χ2n) is 15.2. The number of nitrogens with zero attached hydrogens (tertiary/aromatic N) is 1. The highest BCUT2D eigenvalue weighted by Crippen LogP contribution is 2.38. The quantitative estimate of drug-likeness (QED) is 0.222. The summed E-state index contributed by atoms with van der Waals surface area (Å²) in [5.41, 5.74) is -0.746. The fraction of sp³-hybridized carbons (Fsp3) is 0.553. The van der Waals surface area contributed by atoms with Gasteiger partial charge in [0.25, 0.3) is 0 Å². The summed E-state index contributed by atoms with van der Waals surface area (Å²) >= 11 is 0. The van der Waals surface area contributed by atoms with Crippen molar-refractivity contribution in [1.29, 1.82) is 0 Å². The normalized spacial score (nSPS) is 21.5. The number of hydrogen-bond acceptors (Lipinski definition) is 8. The van der Waals surface area contributed by atoms with Crippen molar-refractivity contribution in [3.63, 3.8) is 0 Å². The smallest absolute Gasteiger partial charge is 0.407 e. The van der Waals surface area contributed by atoms with Crippen molar-refractivity contribution in [3.05, 3.63) is 65.5 Å². The predicted octanol–water partition coefficient (Wildman–Crippen LogP) is 6.57. The van der Waals surface area contributed by atoms with Gasteiger partial charge in [0.2, 0.25) is 18.6 Å². The van der Waals surface area contributed by atoms with Gasteiger partial charge >= 0.3 is 18.0 Å². The first-order chi connectivity index (χ1) is 23.4. The van der Waals surface area contributed by atoms with Crippen molar-refractivity contribution in [2.24, 2.45) is 17.3 Å². The number of hydrogen-bond donors (Lipinski definition) is 2. The van der Waals surface area contributed by atoms with Gasteiger partial charge in [0.05, 0.1) is 11.0 Å².